The van der Waals surface area contributed by atoms with Gasteiger partial charge < -0.3 is 14.6 Å². The van der Waals surface area contributed by atoms with Crippen molar-refractivity contribution in [2.75, 3.05) is 20.3 Å². The van der Waals surface area contributed by atoms with E-state index in [1.54, 1.807) is 0 Å². The lowest BCUT2D eigenvalue weighted by Gasteiger charge is -2.17. The largest absolute Gasteiger partial charge is 0.442 e. The standard InChI is InChI=1S/C21H22O4/c1-24-16-21(23)25-20-14-10-5-3-2-4-9-13-18(20)19(15-22)17-11-7-6-8-12-17/h6-8,11-12,20,22H,2-5,15-16H2,1H3/b19-18-. The van der Waals surface area contributed by atoms with Crippen LogP contribution in [0.4, 0.5) is 0 Å². The Hall–Kier alpha value is -2.53. The van der Waals surface area contributed by atoms with Crippen LogP contribution in [0, 0.1) is 23.7 Å². The highest BCUT2D eigenvalue weighted by Gasteiger charge is 2.20. The molecular weight excluding hydrogens is 316 g/mol. The van der Waals surface area contributed by atoms with Gasteiger partial charge in [-0.05, 0) is 18.4 Å². The molecule has 1 N–H and O–H groups in total. The monoisotopic (exact) mass is 338 g/mol. The molecule has 1 aliphatic carbocycles. The lowest BCUT2D eigenvalue weighted by Crippen LogP contribution is -2.23. The van der Waals surface area contributed by atoms with E-state index in [0.29, 0.717) is 11.1 Å². The molecule has 0 amide bonds. The average molecular weight is 338 g/mol. The van der Waals surface area contributed by atoms with Gasteiger partial charge in [-0.25, -0.2) is 4.79 Å². The van der Waals surface area contributed by atoms with Gasteiger partial charge in [0.15, 0.2) is 6.10 Å². The molecule has 4 nitrogen and oxygen atoms in total. The van der Waals surface area contributed by atoms with Gasteiger partial charge in [-0.15, -0.1) is 0 Å². The molecule has 0 aromatic heterocycles. The third-order valence-electron chi connectivity index (χ3n) is 3.69. The van der Waals surface area contributed by atoms with Crippen molar-refractivity contribution in [2.45, 2.75) is 31.8 Å². The zero-order valence-electron chi connectivity index (χ0n) is 14.4. The zero-order valence-corrected chi connectivity index (χ0v) is 14.4. The van der Waals surface area contributed by atoms with E-state index in [1.165, 1.54) is 7.11 Å². The first-order chi connectivity index (χ1) is 12.3. The summed E-state index contributed by atoms with van der Waals surface area (Å²) in [5.41, 5.74) is 1.99. The summed E-state index contributed by atoms with van der Waals surface area (Å²) in [7, 11) is 1.43. The second-order valence-electron chi connectivity index (χ2n) is 5.55. The van der Waals surface area contributed by atoms with Crippen molar-refractivity contribution in [2.24, 2.45) is 0 Å². The van der Waals surface area contributed by atoms with E-state index in [1.807, 2.05) is 30.3 Å². The summed E-state index contributed by atoms with van der Waals surface area (Å²) in [6.45, 7) is -0.368. The highest BCUT2D eigenvalue weighted by Crippen LogP contribution is 2.22. The third kappa shape index (κ3) is 5.80. The summed E-state index contributed by atoms with van der Waals surface area (Å²) in [4.78, 5) is 11.9. The number of hydrogen-bond donors (Lipinski definition) is 1. The summed E-state index contributed by atoms with van der Waals surface area (Å²) in [5.74, 6) is 11.7. The van der Waals surface area contributed by atoms with Crippen molar-refractivity contribution in [3.63, 3.8) is 0 Å². The van der Waals surface area contributed by atoms with Crippen molar-refractivity contribution in [3.05, 3.63) is 41.5 Å². The minimum atomic E-state index is -0.810. The van der Waals surface area contributed by atoms with E-state index < -0.39 is 12.1 Å². The Bertz CT molecular complexity index is 726. The fourth-order valence-electron chi connectivity index (χ4n) is 2.46. The Morgan fingerprint density at radius 3 is 2.60 bits per heavy atom. The molecule has 0 spiro atoms. The molecule has 0 bridgehead atoms. The number of esters is 1. The number of aliphatic hydroxyl groups excluding tert-OH is 1. The summed E-state index contributed by atoms with van der Waals surface area (Å²) in [5, 5.41) is 9.94. The molecule has 2 rings (SSSR count). The SMILES string of the molecule is COCC(=O)OC1C#CCCCCC#C/C1=C(\CO)c1ccccc1. The van der Waals surface area contributed by atoms with Crippen LogP contribution >= 0.6 is 0 Å². The van der Waals surface area contributed by atoms with Gasteiger partial charge in [-0.2, -0.15) is 0 Å². The Kier molecular flexibility index (Phi) is 7.79. The highest BCUT2D eigenvalue weighted by atomic mass is 16.6. The number of aliphatic hydroxyl groups is 1. The van der Waals surface area contributed by atoms with Crippen molar-refractivity contribution >= 4 is 11.5 Å². The van der Waals surface area contributed by atoms with E-state index in [2.05, 4.69) is 23.7 Å². The summed E-state index contributed by atoms with van der Waals surface area (Å²) in [6, 6.07) is 9.45. The lowest BCUT2D eigenvalue weighted by molar-refractivity contribution is -0.149. The Labute approximate surface area is 148 Å². The Morgan fingerprint density at radius 2 is 1.92 bits per heavy atom. The quantitative estimate of drug-likeness (QED) is 0.662. The van der Waals surface area contributed by atoms with Crippen LogP contribution in [0.5, 0.6) is 0 Å². The molecule has 1 aromatic carbocycles. The first-order valence-corrected chi connectivity index (χ1v) is 8.31. The number of methoxy groups -OCH3 is 1. The molecule has 0 fully saturated rings. The van der Waals surface area contributed by atoms with Gasteiger partial charge in [0.1, 0.15) is 6.61 Å². The third-order valence-corrected chi connectivity index (χ3v) is 3.69. The lowest BCUT2D eigenvalue weighted by atomic mass is 9.96. The first kappa shape index (κ1) is 18.8. The van der Waals surface area contributed by atoms with Crippen molar-refractivity contribution in [3.8, 4) is 23.7 Å². The van der Waals surface area contributed by atoms with Gasteiger partial charge >= 0.3 is 5.97 Å². The van der Waals surface area contributed by atoms with Gasteiger partial charge in [0.25, 0.3) is 0 Å². The Morgan fingerprint density at radius 1 is 1.20 bits per heavy atom. The van der Waals surface area contributed by atoms with Crippen LogP contribution in [0.15, 0.2) is 35.9 Å². The van der Waals surface area contributed by atoms with Crippen LogP contribution in [0.1, 0.15) is 31.2 Å². The summed E-state index contributed by atoms with van der Waals surface area (Å²) < 4.78 is 10.3. The molecule has 4 heteroatoms. The predicted octanol–water partition coefficient (Wildman–Crippen LogP) is 2.57. The maximum Gasteiger partial charge on any atom is 0.333 e. The topological polar surface area (TPSA) is 55.8 Å². The Balaban J connectivity index is 2.49. The normalized spacial score (nSPS) is 18.9. The maximum atomic E-state index is 11.9. The van der Waals surface area contributed by atoms with Gasteiger partial charge in [-0.1, -0.05) is 54.0 Å². The van der Waals surface area contributed by atoms with Crippen molar-refractivity contribution in [1.82, 2.24) is 0 Å². The predicted molar refractivity (Wildman–Crippen MR) is 96.2 cm³/mol. The number of ether oxygens (including phenoxy) is 2. The molecule has 25 heavy (non-hydrogen) atoms. The smallest absolute Gasteiger partial charge is 0.333 e. The number of hydrogen-bond acceptors (Lipinski definition) is 4. The fraction of sp³-hybridized carbons (Fsp3) is 0.381. The van der Waals surface area contributed by atoms with Crippen LogP contribution in [-0.2, 0) is 14.3 Å². The molecule has 1 atom stereocenters. The van der Waals surface area contributed by atoms with Gasteiger partial charge in [0.2, 0.25) is 0 Å². The first-order valence-electron chi connectivity index (χ1n) is 8.31. The van der Waals surface area contributed by atoms with E-state index >= 15 is 0 Å². The second kappa shape index (κ2) is 10.4. The molecular formula is C21H22O4. The average Bonchev–Trinajstić information content (AvgIpc) is 2.63. The van der Waals surface area contributed by atoms with Crippen molar-refractivity contribution < 1.29 is 19.4 Å². The minimum Gasteiger partial charge on any atom is -0.442 e. The molecule has 1 aromatic rings. The maximum absolute atomic E-state index is 11.9. The second-order valence-corrected chi connectivity index (χ2v) is 5.55. The molecule has 0 saturated carbocycles. The molecule has 0 radical (unpaired) electrons. The van der Waals surface area contributed by atoms with Crippen LogP contribution in [0.25, 0.3) is 5.57 Å². The number of rotatable bonds is 5. The van der Waals surface area contributed by atoms with Gasteiger partial charge in [0, 0.05) is 25.5 Å². The molecule has 0 saturated heterocycles. The van der Waals surface area contributed by atoms with E-state index in [-0.39, 0.29) is 13.2 Å². The molecule has 1 unspecified atom stereocenters. The molecule has 1 aliphatic rings. The van der Waals surface area contributed by atoms with Gasteiger partial charge in [-0.3, -0.25) is 0 Å². The summed E-state index contributed by atoms with van der Waals surface area (Å²) >= 11 is 0. The zero-order chi connectivity index (χ0) is 17.9. The van der Waals surface area contributed by atoms with E-state index in [0.717, 1.165) is 31.2 Å². The van der Waals surface area contributed by atoms with E-state index in [9.17, 15) is 9.90 Å². The number of carbonyl (C=O) groups is 1. The highest BCUT2D eigenvalue weighted by molar-refractivity contribution is 5.77. The number of carbonyl (C=O) groups excluding carboxylic acids is 1. The molecule has 130 valence electrons. The molecule has 0 heterocycles. The van der Waals surface area contributed by atoms with Crippen LogP contribution < -0.4 is 0 Å². The summed E-state index contributed by atoms with van der Waals surface area (Å²) in [6.07, 6.45) is 2.61. The van der Waals surface area contributed by atoms with Crippen LogP contribution in [0.3, 0.4) is 0 Å². The van der Waals surface area contributed by atoms with Crippen LogP contribution in [0.2, 0.25) is 0 Å². The van der Waals surface area contributed by atoms with Crippen molar-refractivity contribution in [1.29, 1.82) is 0 Å². The van der Waals surface area contributed by atoms with Gasteiger partial charge in [0.05, 0.1) is 12.2 Å². The fourth-order valence-corrected chi connectivity index (χ4v) is 2.46. The minimum absolute atomic E-state index is 0.154. The van der Waals surface area contributed by atoms with Crippen LogP contribution in [-0.4, -0.2) is 37.5 Å². The van der Waals surface area contributed by atoms with E-state index in [4.69, 9.17) is 9.47 Å². The molecule has 0 aliphatic heterocycles. The number of benzene rings is 1.